The van der Waals surface area contributed by atoms with Crippen LogP contribution in [-0.4, -0.2) is 43.8 Å². The predicted molar refractivity (Wildman–Crippen MR) is 176 cm³/mol. The number of rotatable bonds is 12. The van der Waals surface area contributed by atoms with Gasteiger partial charge in [-0.25, -0.2) is 8.42 Å². The van der Waals surface area contributed by atoms with Crippen molar-refractivity contribution in [1.29, 1.82) is 0 Å². The first kappa shape index (κ1) is 32.8. The Morgan fingerprint density at radius 2 is 1.43 bits per heavy atom. The van der Waals surface area contributed by atoms with Crippen molar-refractivity contribution in [2.75, 3.05) is 10.8 Å². The lowest BCUT2D eigenvalue weighted by atomic mass is 10.0. The first-order chi connectivity index (χ1) is 20.9. The average Bonchev–Trinajstić information content (AvgIpc) is 2.98. The summed E-state index contributed by atoms with van der Waals surface area (Å²) in [6.07, 6.45) is 0.253. The van der Waals surface area contributed by atoms with E-state index < -0.39 is 28.5 Å². The van der Waals surface area contributed by atoms with Crippen LogP contribution in [0.1, 0.15) is 36.1 Å². The van der Waals surface area contributed by atoms with E-state index in [9.17, 15) is 18.0 Å². The Morgan fingerprint density at radius 1 is 0.795 bits per heavy atom. The maximum absolute atomic E-state index is 14.5. The van der Waals surface area contributed by atoms with Crippen LogP contribution in [0.5, 0.6) is 0 Å². The van der Waals surface area contributed by atoms with Gasteiger partial charge in [0, 0.05) is 24.0 Å². The van der Waals surface area contributed by atoms with Gasteiger partial charge in [0.2, 0.25) is 11.8 Å². The molecule has 4 rings (SSSR count). The summed E-state index contributed by atoms with van der Waals surface area (Å²) in [5.41, 5.74) is 3.90. The number of hydrogen-bond acceptors (Lipinski definition) is 4. The average molecular weight is 632 g/mol. The van der Waals surface area contributed by atoms with E-state index in [0.717, 1.165) is 26.6 Å². The molecule has 0 aliphatic carbocycles. The van der Waals surface area contributed by atoms with E-state index in [1.807, 2.05) is 82.3 Å². The first-order valence-corrected chi connectivity index (χ1v) is 16.3. The van der Waals surface area contributed by atoms with Crippen LogP contribution < -0.4 is 9.62 Å². The highest BCUT2D eigenvalue weighted by molar-refractivity contribution is 7.92. The standard InChI is InChI=1S/C35H38ClN3O4S/c1-25(2)37-35(41)33(22-28-10-6-5-7-11-28)38(23-29-12-8-9-27(4)21-29)34(40)24-39(31-17-15-30(36)16-18-31)44(42,43)32-19-13-26(3)14-20-32/h5-21,25,33H,22-24H2,1-4H3,(H,37,41)/t33-/m0/s1. The Morgan fingerprint density at radius 3 is 2.05 bits per heavy atom. The molecular weight excluding hydrogens is 594 g/mol. The third kappa shape index (κ3) is 8.49. The Labute approximate surface area is 265 Å². The van der Waals surface area contributed by atoms with Crippen LogP contribution in [0.3, 0.4) is 0 Å². The number of amides is 2. The van der Waals surface area contributed by atoms with Crippen molar-refractivity contribution in [3.63, 3.8) is 0 Å². The predicted octanol–water partition coefficient (Wildman–Crippen LogP) is 6.32. The number of carbonyl (C=O) groups excluding carboxylic acids is 2. The molecular formula is C35H38ClN3O4S. The van der Waals surface area contributed by atoms with E-state index in [-0.39, 0.29) is 35.5 Å². The molecule has 0 aromatic heterocycles. The van der Waals surface area contributed by atoms with Crippen LogP contribution in [0.4, 0.5) is 5.69 Å². The van der Waals surface area contributed by atoms with Crippen molar-refractivity contribution in [3.8, 4) is 0 Å². The molecule has 0 fully saturated rings. The van der Waals surface area contributed by atoms with Gasteiger partial charge in [0.25, 0.3) is 10.0 Å². The highest BCUT2D eigenvalue weighted by atomic mass is 35.5. The van der Waals surface area contributed by atoms with E-state index in [2.05, 4.69) is 5.32 Å². The minimum absolute atomic E-state index is 0.0504. The second-order valence-corrected chi connectivity index (χ2v) is 13.5. The van der Waals surface area contributed by atoms with Crippen LogP contribution in [0.15, 0.2) is 108 Å². The number of anilines is 1. The van der Waals surface area contributed by atoms with Crippen LogP contribution in [0.2, 0.25) is 5.02 Å². The summed E-state index contributed by atoms with van der Waals surface area (Å²) in [6.45, 7) is 7.14. The molecule has 0 unspecified atom stereocenters. The molecule has 2 amide bonds. The van der Waals surface area contributed by atoms with Crippen molar-refractivity contribution in [3.05, 3.63) is 130 Å². The van der Waals surface area contributed by atoms with Gasteiger partial charge in [-0.3, -0.25) is 13.9 Å². The quantitative estimate of drug-likeness (QED) is 0.198. The van der Waals surface area contributed by atoms with Crippen molar-refractivity contribution < 1.29 is 18.0 Å². The summed E-state index contributed by atoms with van der Waals surface area (Å²) in [5.74, 6) is -0.832. The number of hydrogen-bond donors (Lipinski definition) is 1. The largest absolute Gasteiger partial charge is 0.352 e. The molecule has 0 heterocycles. The lowest BCUT2D eigenvalue weighted by molar-refractivity contribution is -0.140. The number of sulfonamides is 1. The van der Waals surface area contributed by atoms with Gasteiger partial charge < -0.3 is 10.2 Å². The summed E-state index contributed by atoms with van der Waals surface area (Å²) < 4.78 is 29.2. The zero-order chi connectivity index (χ0) is 31.9. The number of carbonyl (C=O) groups is 2. The molecule has 9 heteroatoms. The summed E-state index contributed by atoms with van der Waals surface area (Å²) in [7, 11) is -4.17. The van der Waals surface area contributed by atoms with Crippen molar-refractivity contribution in [2.24, 2.45) is 0 Å². The Hall–Kier alpha value is -4.14. The lowest BCUT2D eigenvalue weighted by Crippen LogP contribution is -2.54. The minimum atomic E-state index is -4.17. The molecule has 1 N–H and O–H groups in total. The van der Waals surface area contributed by atoms with Crippen molar-refractivity contribution >= 4 is 39.1 Å². The van der Waals surface area contributed by atoms with Crippen LogP contribution in [0.25, 0.3) is 0 Å². The zero-order valence-electron chi connectivity index (χ0n) is 25.4. The third-order valence-corrected chi connectivity index (χ3v) is 9.18. The molecule has 4 aromatic rings. The second-order valence-electron chi connectivity index (χ2n) is 11.2. The molecule has 7 nitrogen and oxygen atoms in total. The topological polar surface area (TPSA) is 86.8 Å². The molecule has 1 atom stereocenters. The van der Waals surface area contributed by atoms with Crippen LogP contribution >= 0.6 is 11.6 Å². The Balaban J connectivity index is 1.80. The SMILES string of the molecule is Cc1ccc(S(=O)(=O)N(CC(=O)N(Cc2cccc(C)c2)[C@@H](Cc2ccccc2)C(=O)NC(C)C)c2ccc(Cl)cc2)cc1. The lowest BCUT2D eigenvalue weighted by Gasteiger charge is -2.34. The zero-order valence-corrected chi connectivity index (χ0v) is 27.0. The highest BCUT2D eigenvalue weighted by Gasteiger charge is 2.34. The van der Waals surface area contributed by atoms with Gasteiger partial charge in [0.15, 0.2) is 0 Å². The summed E-state index contributed by atoms with van der Waals surface area (Å²) in [4.78, 5) is 29.7. The van der Waals surface area contributed by atoms with Gasteiger partial charge in [-0.05, 0) is 75.2 Å². The smallest absolute Gasteiger partial charge is 0.264 e. The molecule has 0 spiro atoms. The highest BCUT2D eigenvalue weighted by Crippen LogP contribution is 2.27. The van der Waals surface area contributed by atoms with Crippen LogP contribution in [-0.2, 0) is 32.6 Å². The fourth-order valence-electron chi connectivity index (χ4n) is 4.92. The van der Waals surface area contributed by atoms with Gasteiger partial charge >= 0.3 is 0 Å². The number of nitrogens with zero attached hydrogens (tertiary/aromatic N) is 2. The normalized spacial score (nSPS) is 12.0. The number of halogens is 1. The monoisotopic (exact) mass is 631 g/mol. The third-order valence-electron chi connectivity index (χ3n) is 7.14. The maximum atomic E-state index is 14.5. The maximum Gasteiger partial charge on any atom is 0.264 e. The Kier molecular flexibility index (Phi) is 10.8. The van der Waals surface area contributed by atoms with Crippen molar-refractivity contribution in [1.82, 2.24) is 10.2 Å². The molecule has 0 aliphatic heterocycles. The fraction of sp³-hybridized carbons (Fsp3) is 0.257. The van der Waals surface area contributed by atoms with Gasteiger partial charge in [0.05, 0.1) is 10.6 Å². The van der Waals surface area contributed by atoms with Gasteiger partial charge in [0.1, 0.15) is 12.6 Å². The number of nitrogens with one attached hydrogen (secondary N) is 1. The van der Waals surface area contributed by atoms with Gasteiger partial charge in [-0.2, -0.15) is 0 Å². The number of aryl methyl sites for hydroxylation is 2. The molecule has 0 aliphatic rings. The summed E-state index contributed by atoms with van der Waals surface area (Å²) in [6, 6.07) is 28.9. The fourth-order valence-corrected chi connectivity index (χ4v) is 6.46. The minimum Gasteiger partial charge on any atom is -0.352 e. The van der Waals surface area contributed by atoms with Gasteiger partial charge in [-0.1, -0.05) is 89.5 Å². The molecule has 0 saturated carbocycles. The summed E-state index contributed by atoms with van der Waals surface area (Å²) >= 11 is 6.13. The van der Waals surface area contributed by atoms with E-state index in [4.69, 9.17) is 11.6 Å². The van der Waals surface area contributed by atoms with Gasteiger partial charge in [-0.15, -0.1) is 0 Å². The van der Waals surface area contributed by atoms with E-state index in [1.54, 1.807) is 36.4 Å². The molecule has 230 valence electrons. The second kappa shape index (κ2) is 14.6. The Bertz CT molecular complexity index is 1680. The number of benzene rings is 4. The molecule has 0 saturated heterocycles. The molecule has 0 radical (unpaired) electrons. The van der Waals surface area contributed by atoms with E-state index in [1.165, 1.54) is 17.0 Å². The summed E-state index contributed by atoms with van der Waals surface area (Å²) in [5, 5.41) is 3.40. The molecule has 4 aromatic carbocycles. The van der Waals surface area contributed by atoms with Crippen LogP contribution in [0, 0.1) is 13.8 Å². The molecule has 44 heavy (non-hydrogen) atoms. The molecule has 0 bridgehead atoms. The first-order valence-electron chi connectivity index (χ1n) is 14.5. The van der Waals surface area contributed by atoms with E-state index in [0.29, 0.717) is 5.02 Å². The van der Waals surface area contributed by atoms with E-state index >= 15 is 0 Å². The van der Waals surface area contributed by atoms with Crippen molar-refractivity contribution in [2.45, 2.75) is 57.6 Å².